The second-order valence-electron chi connectivity index (χ2n) is 3.85. The first-order valence-electron chi connectivity index (χ1n) is 5.94. The van der Waals surface area contributed by atoms with Crippen LogP contribution in [0.15, 0.2) is 18.3 Å². The second kappa shape index (κ2) is 7.49. The predicted octanol–water partition coefficient (Wildman–Crippen LogP) is 1.38. The molecule has 0 saturated carbocycles. The van der Waals surface area contributed by atoms with Crippen LogP contribution in [-0.2, 0) is 4.79 Å². The molecule has 0 radical (unpaired) electrons. The van der Waals surface area contributed by atoms with E-state index in [4.69, 9.17) is 5.73 Å². The van der Waals surface area contributed by atoms with Gasteiger partial charge in [0.1, 0.15) is 5.82 Å². The number of nitrogens with one attached hydrogen (secondary N) is 2. The SMILES string of the molecule is CCCC(=O)NCCCNc1ccc(N)nc1. The van der Waals surface area contributed by atoms with Crippen molar-refractivity contribution in [3.8, 4) is 0 Å². The van der Waals surface area contributed by atoms with Crippen LogP contribution in [0.25, 0.3) is 0 Å². The van der Waals surface area contributed by atoms with E-state index in [1.807, 2.05) is 13.0 Å². The van der Waals surface area contributed by atoms with E-state index >= 15 is 0 Å². The molecule has 5 heteroatoms. The maximum atomic E-state index is 11.2. The maximum Gasteiger partial charge on any atom is 0.219 e. The van der Waals surface area contributed by atoms with Crippen molar-refractivity contribution in [3.05, 3.63) is 18.3 Å². The fourth-order valence-electron chi connectivity index (χ4n) is 1.37. The summed E-state index contributed by atoms with van der Waals surface area (Å²) in [6.45, 7) is 3.50. The zero-order valence-electron chi connectivity index (χ0n) is 10.2. The fourth-order valence-corrected chi connectivity index (χ4v) is 1.37. The summed E-state index contributed by atoms with van der Waals surface area (Å²) >= 11 is 0. The lowest BCUT2D eigenvalue weighted by molar-refractivity contribution is -0.121. The third-order valence-electron chi connectivity index (χ3n) is 2.27. The van der Waals surface area contributed by atoms with Crippen LogP contribution < -0.4 is 16.4 Å². The molecule has 0 bridgehead atoms. The first-order valence-corrected chi connectivity index (χ1v) is 5.94. The lowest BCUT2D eigenvalue weighted by Gasteiger charge is -2.07. The summed E-state index contributed by atoms with van der Waals surface area (Å²) in [4.78, 5) is 15.1. The Labute approximate surface area is 102 Å². The number of carbonyl (C=O) groups excluding carboxylic acids is 1. The van der Waals surface area contributed by atoms with E-state index in [0.29, 0.717) is 18.8 Å². The van der Waals surface area contributed by atoms with Crippen molar-refractivity contribution >= 4 is 17.4 Å². The topological polar surface area (TPSA) is 80.0 Å². The summed E-state index contributed by atoms with van der Waals surface area (Å²) in [5.74, 6) is 0.643. The monoisotopic (exact) mass is 236 g/mol. The molecule has 0 aliphatic heterocycles. The minimum Gasteiger partial charge on any atom is -0.384 e. The molecule has 0 aromatic carbocycles. The zero-order valence-corrected chi connectivity index (χ0v) is 10.2. The van der Waals surface area contributed by atoms with Crippen LogP contribution in [0.5, 0.6) is 0 Å². The van der Waals surface area contributed by atoms with Crippen LogP contribution >= 0.6 is 0 Å². The van der Waals surface area contributed by atoms with E-state index in [9.17, 15) is 4.79 Å². The highest BCUT2D eigenvalue weighted by Crippen LogP contribution is 2.06. The lowest BCUT2D eigenvalue weighted by Crippen LogP contribution is -2.25. The molecule has 0 atom stereocenters. The fraction of sp³-hybridized carbons (Fsp3) is 0.500. The van der Waals surface area contributed by atoms with E-state index in [2.05, 4.69) is 15.6 Å². The molecule has 0 spiro atoms. The zero-order chi connectivity index (χ0) is 12.5. The number of hydrogen-bond donors (Lipinski definition) is 3. The van der Waals surface area contributed by atoms with E-state index in [1.165, 1.54) is 0 Å². The summed E-state index contributed by atoms with van der Waals surface area (Å²) in [5.41, 5.74) is 6.42. The number of nitrogens with two attached hydrogens (primary N) is 1. The van der Waals surface area contributed by atoms with E-state index in [1.54, 1.807) is 12.3 Å². The summed E-state index contributed by atoms with van der Waals surface area (Å²) in [6, 6.07) is 3.64. The molecule has 0 fully saturated rings. The molecule has 1 heterocycles. The molecule has 0 aliphatic carbocycles. The van der Waals surface area contributed by atoms with Crippen LogP contribution in [0.1, 0.15) is 26.2 Å². The smallest absolute Gasteiger partial charge is 0.219 e. The Hall–Kier alpha value is -1.78. The number of hydrogen-bond acceptors (Lipinski definition) is 4. The summed E-state index contributed by atoms with van der Waals surface area (Å²) in [5, 5.41) is 6.07. The Kier molecular flexibility index (Phi) is 5.85. The van der Waals surface area contributed by atoms with Crippen LogP contribution in [-0.4, -0.2) is 24.0 Å². The van der Waals surface area contributed by atoms with Crippen molar-refractivity contribution in [1.29, 1.82) is 0 Å². The van der Waals surface area contributed by atoms with E-state index in [0.717, 1.165) is 25.1 Å². The molecule has 0 aliphatic rings. The average Bonchev–Trinajstić information content (AvgIpc) is 2.31. The summed E-state index contributed by atoms with van der Waals surface area (Å²) < 4.78 is 0. The minimum atomic E-state index is 0.127. The van der Waals surface area contributed by atoms with Crippen LogP contribution in [0.3, 0.4) is 0 Å². The van der Waals surface area contributed by atoms with Gasteiger partial charge in [0.25, 0.3) is 0 Å². The van der Waals surface area contributed by atoms with Gasteiger partial charge in [-0.3, -0.25) is 4.79 Å². The highest BCUT2D eigenvalue weighted by Gasteiger charge is 1.97. The van der Waals surface area contributed by atoms with Crippen molar-refractivity contribution < 1.29 is 4.79 Å². The molecule has 4 N–H and O–H groups in total. The highest BCUT2D eigenvalue weighted by atomic mass is 16.1. The third-order valence-corrected chi connectivity index (χ3v) is 2.27. The Bertz CT molecular complexity index is 337. The van der Waals surface area contributed by atoms with Crippen LogP contribution in [0, 0.1) is 0 Å². The lowest BCUT2D eigenvalue weighted by atomic mass is 10.3. The number of nitrogens with zero attached hydrogens (tertiary/aromatic N) is 1. The first-order chi connectivity index (χ1) is 8.22. The molecule has 0 unspecified atom stereocenters. The highest BCUT2D eigenvalue weighted by molar-refractivity contribution is 5.75. The van der Waals surface area contributed by atoms with Crippen molar-refractivity contribution in [1.82, 2.24) is 10.3 Å². The average molecular weight is 236 g/mol. The number of anilines is 2. The molecular weight excluding hydrogens is 216 g/mol. The van der Waals surface area contributed by atoms with Gasteiger partial charge in [0.2, 0.25) is 5.91 Å². The molecular formula is C12H20N4O. The van der Waals surface area contributed by atoms with Crippen LogP contribution in [0.4, 0.5) is 11.5 Å². The van der Waals surface area contributed by atoms with Crippen LogP contribution in [0.2, 0.25) is 0 Å². The number of nitrogen functional groups attached to an aromatic ring is 1. The van der Waals surface area contributed by atoms with Gasteiger partial charge in [-0.15, -0.1) is 0 Å². The second-order valence-corrected chi connectivity index (χ2v) is 3.85. The number of pyridine rings is 1. The van der Waals surface area contributed by atoms with Gasteiger partial charge in [-0.25, -0.2) is 4.98 Å². The quantitative estimate of drug-likeness (QED) is 0.625. The van der Waals surface area contributed by atoms with E-state index < -0.39 is 0 Å². The normalized spacial score (nSPS) is 9.94. The minimum absolute atomic E-state index is 0.127. The van der Waals surface area contributed by atoms with Crippen molar-refractivity contribution in [3.63, 3.8) is 0 Å². The van der Waals surface area contributed by atoms with Gasteiger partial charge in [0, 0.05) is 19.5 Å². The van der Waals surface area contributed by atoms with Gasteiger partial charge >= 0.3 is 0 Å². The summed E-state index contributed by atoms with van der Waals surface area (Å²) in [6.07, 6.45) is 4.08. The third kappa shape index (κ3) is 5.75. The van der Waals surface area contributed by atoms with Crippen molar-refractivity contribution in [2.24, 2.45) is 0 Å². The Morgan fingerprint density at radius 2 is 2.24 bits per heavy atom. The molecule has 5 nitrogen and oxygen atoms in total. The van der Waals surface area contributed by atoms with Gasteiger partial charge in [0.05, 0.1) is 11.9 Å². The standard InChI is InChI=1S/C12H20N4O/c1-2-4-12(17)15-8-3-7-14-10-5-6-11(13)16-9-10/h5-6,9,14H,2-4,7-8H2,1H3,(H2,13,16)(H,15,17). The van der Waals surface area contributed by atoms with E-state index in [-0.39, 0.29) is 5.91 Å². The van der Waals surface area contributed by atoms with Crippen molar-refractivity contribution in [2.75, 3.05) is 24.1 Å². The maximum absolute atomic E-state index is 11.2. The van der Waals surface area contributed by atoms with Gasteiger partial charge in [-0.05, 0) is 25.0 Å². The Morgan fingerprint density at radius 3 is 2.88 bits per heavy atom. The van der Waals surface area contributed by atoms with Gasteiger partial charge < -0.3 is 16.4 Å². The molecule has 1 amide bonds. The first kappa shape index (κ1) is 13.3. The Morgan fingerprint density at radius 1 is 1.41 bits per heavy atom. The van der Waals surface area contributed by atoms with Crippen molar-refractivity contribution in [2.45, 2.75) is 26.2 Å². The Balaban J connectivity index is 2.08. The molecule has 17 heavy (non-hydrogen) atoms. The number of carbonyl (C=O) groups is 1. The predicted molar refractivity (Wildman–Crippen MR) is 69.7 cm³/mol. The molecule has 1 rings (SSSR count). The number of aromatic nitrogens is 1. The van der Waals surface area contributed by atoms with Gasteiger partial charge in [-0.1, -0.05) is 6.92 Å². The molecule has 0 saturated heterocycles. The van der Waals surface area contributed by atoms with Gasteiger partial charge in [0.15, 0.2) is 0 Å². The molecule has 94 valence electrons. The number of rotatable bonds is 7. The molecule has 1 aromatic rings. The number of amides is 1. The largest absolute Gasteiger partial charge is 0.384 e. The molecule has 1 aromatic heterocycles. The summed E-state index contributed by atoms with van der Waals surface area (Å²) in [7, 11) is 0. The van der Waals surface area contributed by atoms with Gasteiger partial charge in [-0.2, -0.15) is 0 Å².